The molecule has 0 fully saturated rings. The smallest absolute Gasteiger partial charge is 0.276 e. The normalized spacial score (nSPS) is 10.3. The summed E-state index contributed by atoms with van der Waals surface area (Å²) in [6.07, 6.45) is 0. The number of rotatable bonds is 5. The van der Waals surface area contributed by atoms with Crippen LogP contribution < -0.4 is 15.4 Å². The molecule has 0 spiro atoms. The average molecular weight is 373 g/mol. The highest BCUT2D eigenvalue weighted by molar-refractivity contribution is 6.32. The number of hydrogen-bond donors (Lipinski definition) is 2. The van der Waals surface area contributed by atoms with Gasteiger partial charge in [0.25, 0.3) is 5.91 Å². The molecule has 0 unspecified atom stereocenters. The van der Waals surface area contributed by atoms with Crippen LogP contribution in [0.4, 0.5) is 21.6 Å². The number of nitrogens with one attached hydrogen (secondary N) is 2. The molecule has 2 N–H and O–H groups in total. The second-order valence-electron chi connectivity index (χ2n) is 5.24. The fraction of sp³-hybridized carbons (Fsp3) is 0.0556. The molecule has 26 heavy (non-hydrogen) atoms. The number of carbonyl (C=O) groups is 1. The highest BCUT2D eigenvalue weighted by atomic mass is 35.5. The predicted molar refractivity (Wildman–Crippen MR) is 97.7 cm³/mol. The monoisotopic (exact) mass is 372 g/mol. The first kappa shape index (κ1) is 17.6. The van der Waals surface area contributed by atoms with Gasteiger partial charge in [0.15, 0.2) is 11.5 Å². The van der Waals surface area contributed by atoms with Crippen molar-refractivity contribution in [2.45, 2.75) is 0 Å². The van der Waals surface area contributed by atoms with Gasteiger partial charge in [-0.1, -0.05) is 11.6 Å². The van der Waals surface area contributed by atoms with Crippen molar-refractivity contribution in [3.05, 3.63) is 71.1 Å². The molecule has 0 aliphatic heterocycles. The van der Waals surface area contributed by atoms with E-state index in [0.29, 0.717) is 28.0 Å². The van der Waals surface area contributed by atoms with E-state index in [4.69, 9.17) is 16.3 Å². The molecule has 1 amide bonds. The first-order valence-corrected chi connectivity index (χ1v) is 7.94. The van der Waals surface area contributed by atoms with E-state index in [1.54, 1.807) is 36.4 Å². The van der Waals surface area contributed by atoms with Crippen LogP contribution in [-0.4, -0.2) is 23.2 Å². The molecule has 0 radical (unpaired) electrons. The fourth-order valence-corrected chi connectivity index (χ4v) is 2.40. The van der Waals surface area contributed by atoms with Gasteiger partial charge in [0, 0.05) is 11.4 Å². The fourth-order valence-electron chi connectivity index (χ4n) is 2.14. The highest BCUT2D eigenvalue weighted by Gasteiger charge is 2.10. The van der Waals surface area contributed by atoms with E-state index in [9.17, 15) is 9.18 Å². The maximum absolute atomic E-state index is 12.9. The number of anilines is 3. The van der Waals surface area contributed by atoms with E-state index >= 15 is 0 Å². The van der Waals surface area contributed by atoms with Crippen molar-refractivity contribution < 1.29 is 13.9 Å². The lowest BCUT2D eigenvalue weighted by atomic mass is 10.2. The van der Waals surface area contributed by atoms with E-state index in [1.807, 2.05) is 0 Å². The Morgan fingerprint density at radius 2 is 1.77 bits per heavy atom. The minimum atomic E-state index is -0.424. The minimum absolute atomic E-state index is 0.140. The van der Waals surface area contributed by atoms with Crippen molar-refractivity contribution in [2.24, 2.45) is 0 Å². The van der Waals surface area contributed by atoms with Gasteiger partial charge in [0.1, 0.15) is 11.6 Å². The molecule has 132 valence electrons. The number of nitrogens with zero attached hydrogens (tertiary/aromatic N) is 2. The van der Waals surface area contributed by atoms with Crippen molar-refractivity contribution >= 4 is 34.7 Å². The minimum Gasteiger partial charge on any atom is -0.495 e. The third kappa shape index (κ3) is 4.25. The Morgan fingerprint density at radius 1 is 1.04 bits per heavy atom. The van der Waals surface area contributed by atoms with Crippen LogP contribution in [0.25, 0.3) is 0 Å². The standard InChI is InChI=1S/C18H14ClFN4O2/c1-26-16-8-6-13(10-14(16)19)22-18(25)15-7-9-17(24-23-15)21-12-4-2-11(20)3-5-12/h2-10H,1H3,(H,21,24)(H,22,25). The van der Waals surface area contributed by atoms with Crippen LogP contribution in [0.5, 0.6) is 5.75 Å². The van der Waals surface area contributed by atoms with Crippen molar-refractivity contribution in [1.29, 1.82) is 0 Å². The lowest BCUT2D eigenvalue weighted by molar-refractivity contribution is 0.102. The molecule has 0 atom stereocenters. The summed E-state index contributed by atoms with van der Waals surface area (Å²) in [5, 5.41) is 13.9. The number of halogens is 2. The SMILES string of the molecule is COc1ccc(NC(=O)c2ccc(Nc3ccc(F)cc3)nn2)cc1Cl. The van der Waals surface area contributed by atoms with E-state index in [-0.39, 0.29) is 11.5 Å². The van der Waals surface area contributed by atoms with Crippen LogP contribution in [0.2, 0.25) is 5.02 Å². The summed E-state index contributed by atoms with van der Waals surface area (Å²) in [7, 11) is 1.51. The van der Waals surface area contributed by atoms with Gasteiger partial charge in [-0.2, -0.15) is 0 Å². The summed E-state index contributed by atoms with van der Waals surface area (Å²) < 4.78 is 18.0. The molecule has 0 saturated carbocycles. The summed E-state index contributed by atoms with van der Waals surface area (Å²) in [5.41, 5.74) is 1.31. The molecule has 1 heterocycles. The zero-order chi connectivity index (χ0) is 18.5. The lowest BCUT2D eigenvalue weighted by Crippen LogP contribution is -2.14. The van der Waals surface area contributed by atoms with Crippen LogP contribution in [-0.2, 0) is 0 Å². The van der Waals surface area contributed by atoms with Crippen LogP contribution >= 0.6 is 11.6 Å². The molecule has 3 aromatic rings. The van der Waals surface area contributed by atoms with Crippen molar-refractivity contribution in [1.82, 2.24) is 10.2 Å². The molecule has 2 aromatic carbocycles. The summed E-state index contributed by atoms with van der Waals surface area (Å²) >= 11 is 6.03. The van der Waals surface area contributed by atoms with Gasteiger partial charge in [0.2, 0.25) is 0 Å². The van der Waals surface area contributed by atoms with Crippen molar-refractivity contribution in [2.75, 3.05) is 17.7 Å². The number of hydrogen-bond acceptors (Lipinski definition) is 5. The van der Waals surface area contributed by atoms with Crippen LogP contribution in [0.1, 0.15) is 10.5 Å². The van der Waals surface area contributed by atoms with Gasteiger partial charge in [-0.25, -0.2) is 4.39 Å². The van der Waals surface area contributed by atoms with Crippen LogP contribution in [0.15, 0.2) is 54.6 Å². The Balaban J connectivity index is 1.66. The molecule has 8 heteroatoms. The summed E-state index contributed by atoms with van der Waals surface area (Å²) in [6, 6.07) is 13.8. The highest BCUT2D eigenvalue weighted by Crippen LogP contribution is 2.27. The maximum Gasteiger partial charge on any atom is 0.276 e. The van der Waals surface area contributed by atoms with E-state index in [1.165, 1.54) is 25.3 Å². The average Bonchev–Trinajstić information content (AvgIpc) is 2.64. The van der Waals surface area contributed by atoms with Gasteiger partial charge in [-0.3, -0.25) is 4.79 Å². The third-order valence-corrected chi connectivity index (χ3v) is 3.72. The number of amides is 1. The molecular formula is C18H14ClFN4O2. The Labute approximate surface area is 154 Å². The van der Waals surface area contributed by atoms with Gasteiger partial charge < -0.3 is 15.4 Å². The number of carbonyl (C=O) groups excluding carboxylic acids is 1. The summed E-state index contributed by atoms with van der Waals surface area (Å²) in [6.45, 7) is 0. The number of methoxy groups -OCH3 is 1. The van der Waals surface area contributed by atoms with Gasteiger partial charge in [-0.05, 0) is 54.6 Å². The molecule has 0 saturated heterocycles. The van der Waals surface area contributed by atoms with Crippen LogP contribution in [0, 0.1) is 5.82 Å². The maximum atomic E-state index is 12.9. The molecule has 0 aliphatic carbocycles. The summed E-state index contributed by atoms with van der Waals surface area (Å²) in [4.78, 5) is 12.2. The molecule has 0 aliphatic rings. The van der Waals surface area contributed by atoms with Gasteiger partial charge in [-0.15, -0.1) is 10.2 Å². The molecule has 6 nitrogen and oxygen atoms in total. The third-order valence-electron chi connectivity index (χ3n) is 3.42. The van der Waals surface area contributed by atoms with E-state index in [0.717, 1.165) is 0 Å². The lowest BCUT2D eigenvalue weighted by Gasteiger charge is -2.08. The Hall–Kier alpha value is -3.19. The van der Waals surface area contributed by atoms with Crippen LogP contribution in [0.3, 0.4) is 0 Å². The van der Waals surface area contributed by atoms with Gasteiger partial charge in [0.05, 0.1) is 12.1 Å². The predicted octanol–water partition coefficient (Wildman–Crippen LogP) is 4.27. The van der Waals surface area contributed by atoms with Gasteiger partial charge >= 0.3 is 0 Å². The zero-order valence-corrected chi connectivity index (χ0v) is 14.4. The van der Waals surface area contributed by atoms with Crippen molar-refractivity contribution in [3.8, 4) is 5.75 Å². The zero-order valence-electron chi connectivity index (χ0n) is 13.7. The molecule has 0 bridgehead atoms. The summed E-state index contributed by atoms with van der Waals surface area (Å²) in [5.74, 6) is 0.195. The molecular weight excluding hydrogens is 359 g/mol. The largest absolute Gasteiger partial charge is 0.495 e. The quantitative estimate of drug-likeness (QED) is 0.699. The molecule has 3 rings (SSSR count). The Bertz CT molecular complexity index is 917. The van der Waals surface area contributed by atoms with E-state index < -0.39 is 5.91 Å². The van der Waals surface area contributed by atoms with E-state index in [2.05, 4.69) is 20.8 Å². The Morgan fingerprint density at radius 3 is 2.38 bits per heavy atom. The first-order chi connectivity index (χ1) is 12.5. The first-order valence-electron chi connectivity index (χ1n) is 7.56. The molecule has 1 aromatic heterocycles. The second-order valence-corrected chi connectivity index (χ2v) is 5.65. The van der Waals surface area contributed by atoms with Crippen molar-refractivity contribution in [3.63, 3.8) is 0 Å². The number of ether oxygens (including phenoxy) is 1. The Kier molecular flexibility index (Phi) is 5.28. The number of benzene rings is 2. The topological polar surface area (TPSA) is 76.1 Å². The second kappa shape index (κ2) is 7.79. The number of aromatic nitrogens is 2.